The lowest BCUT2D eigenvalue weighted by Crippen LogP contribution is -2.38. The van der Waals surface area contributed by atoms with Crippen LogP contribution in [0.3, 0.4) is 0 Å². The van der Waals surface area contributed by atoms with Gasteiger partial charge in [-0.3, -0.25) is 4.79 Å². The fourth-order valence-corrected chi connectivity index (χ4v) is 3.20. The molecule has 1 aromatic carbocycles. The second kappa shape index (κ2) is 5.12. The van der Waals surface area contributed by atoms with E-state index in [1.165, 1.54) is 6.26 Å². The number of carbonyl (C=O) groups is 1. The fraction of sp³-hybridized carbons (Fsp3) is 0.375. The number of carboxylic acids is 1. The molecule has 20 heavy (non-hydrogen) atoms. The molecule has 2 aromatic rings. The van der Waals surface area contributed by atoms with Crippen LogP contribution in [0.25, 0.3) is 11.5 Å². The SMILES string of the molecule is O=C(O)C1(c2ccccc2-c2ncco2)CCCCC1. The topological polar surface area (TPSA) is 63.3 Å². The maximum Gasteiger partial charge on any atom is 0.314 e. The van der Waals surface area contributed by atoms with E-state index >= 15 is 0 Å². The van der Waals surface area contributed by atoms with Crippen molar-refractivity contribution in [3.8, 4) is 11.5 Å². The van der Waals surface area contributed by atoms with Crippen LogP contribution in [0.5, 0.6) is 0 Å². The molecule has 4 nitrogen and oxygen atoms in total. The van der Waals surface area contributed by atoms with Crippen molar-refractivity contribution in [3.63, 3.8) is 0 Å². The van der Waals surface area contributed by atoms with Gasteiger partial charge in [-0.25, -0.2) is 4.98 Å². The van der Waals surface area contributed by atoms with Gasteiger partial charge in [0.05, 0.1) is 11.6 Å². The summed E-state index contributed by atoms with van der Waals surface area (Å²) >= 11 is 0. The molecule has 3 rings (SSSR count). The van der Waals surface area contributed by atoms with Gasteiger partial charge in [0.15, 0.2) is 0 Å². The number of carboxylic acid groups (broad SMARTS) is 1. The maximum absolute atomic E-state index is 11.9. The minimum atomic E-state index is -0.802. The van der Waals surface area contributed by atoms with Crippen molar-refractivity contribution in [2.24, 2.45) is 0 Å². The average Bonchev–Trinajstić information content (AvgIpc) is 3.02. The van der Waals surface area contributed by atoms with E-state index in [-0.39, 0.29) is 0 Å². The highest BCUT2D eigenvalue weighted by Gasteiger charge is 2.43. The minimum Gasteiger partial charge on any atom is -0.481 e. The first-order valence-corrected chi connectivity index (χ1v) is 6.97. The van der Waals surface area contributed by atoms with E-state index in [0.29, 0.717) is 18.7 Å². The highest BCUT2D eigenvalue weighted by atomic mass is 16.4. The molecule has 0 amide bonds. The number of oxazole rings is 1. The Hall–Kier alpha value is -2.10. The molecule has 0 aliphatic heterocycles. The fourth-order valence-electron chi connectivity index (χ4n) is 3.20. The van der Waals surface area contributed by atoms with Crippen LogP contribution in [-0.4, -0.2) is 16.1 Å². The van der Waals surface area contributed by atoms with E-state index in [1.54, 1.807) is 6.20 Å². The van der Waals surface area contributed by atoms with E-state index in [2.05, 4.69) is 4.98 Å². The molecule has 1 saturated carbocycles. The van der Waals surface area contributed by atoms with E-state index in [0.717, 1.165) is 30.4 Å². The summed E-state index contributed by atoms with van der Waals surface area (Å²) in [5.41, 5.74) is 0.819. The van der Waals surface area contributed by atoms with E-state index in [9.17, 15) is 9.90 Å². The van der Waals surface area contributed by atoms with Crippen molar-refractivity contribution in [1.82, 2.24) is 4.98 Å². The van der Waals surface area contributed by atoms with Crippen molar-refractivity contribution in [3.05, 3.63) is 42.3 Å². The largest absolute Gasteiger partial charge is 0.481 e. The number of aromatic nitrogens is 1. The summed E-state index contributed by atoms with van der Waals surface area (Å²) < 4.78 is 5.37. The third kappa shape index (κ3) is 2.01. The normalized spacial score (nSPS) is 17.8. The summed E-state index contributed by atoms with van der Waals surface area (Å²) in [4.78, 5) is 16.1. The number of hydrogen-bond donors (Lipinski definition) is 1. The number of aliphatic carboxylic acids is 1. The van der Waals surface area contributed by atoms with Crippen molar-refractivity contribution in [1.29, 1.82) is 0 Å². The van der Waals surface area contributed by atoms with Crippen LogP contribution in [0.4, 0.5) is 0 Å². The predicted octanol–water partition coefficient (Wildman–Crippen LogP) is 3.63. The van der Waals surface area contributed by atoms with Crippen LogP contribution >= 0.6 is 0 Å². The summed E-state index contributed by atoms with van der Waals surface area (Å²) in [5.74, 6) is -0.247. The molecule has 1 heterocycles. The molecule has 0 atom stereocenters. The van der Waals surface area contributed by atoms with Crippen LogP contribution in [0.15, 0.2) is 41.1 Å². The summed E-state index contributed by atoms with van der Waals surface area (Å²) in [6.45, 7) is 0. The van der Waals surface area contributed by atoms with Gasteiger partial charge in [0.25, 0.3) is 0 Å². The Balaban J connectivity index is 2.15. The second-order valence-corrected chi connectivity index (χ2v) is 5.33. The zero-order valence-electron chi connectivity index (χ0n) is 11.2. The Morgan fingerprint density at radius 3 is 2.60 bits per heavy atom. The molecule has 1 aromatic heterocycles. The quantitative estimate of drug-likeness (QED) is 0.925. The van der Waals surface area contributed by atoms with Crippen molar-refractivity contribution < 1.29 is 14.3 Å². The predicted molar refractivity (Wildman–Crippen MR) is 74.3 cm³/mol. The van der Waals surface area contributed by atoms with Gasteiger partial charge in [-0.05, 0) is 24.5 Å². The van der Waals surface area contributed by atoms with Crippen LogP contribution in [0.1, 0.15) is 37.7 Å². The molecule has 0 unspecified atom stereocenters. The Bertz CT molecular complexity index is 598. The van der Waals surface area contributed by atoms with Gasteiger partial charge < -0.3 is 9.52 Å². The first-order valence-electron chi connectivity index (χ1n) is 6.97. The molecule has 4 heteroatoms. The molecule has 0 radical (unpaired) electrons. The zero-order chi connectivity index (χ0) is 14.0. The standard InChI is InChI=1S/C16H17NO3/c18-15(19)16(8-4-1-5-9-16)13-7-3-2-6-12(13)14-17-10-11-20-14/h2-3,6-7,10-11H,1,4-5,8-9H2,(H,18,19). The first kappa shape index (κ1) is 12.9. The van der Waals surface area contributed by atoms with E-state index < -0.39 is 11.4 Å². The Morgan fingerprint density at radius 1 is 1.20 bits per heavy atom. The van der Waals surface area contributed by atoms with Gasteiger partial charge in [0.2, 0.25) is 5.89 Å². The molecule has 104 valence electrons. The smallest absolute Gasteiger partial charge is 0.314 e. The minimum absolute atomic E-state index is 0.492. The molecule has 1 N–H and O–H groups in total. The molecule has 0 spiro atoms. The third-order valence-electron chi connectivity index (χ3n) is 4.22. The van der Waals surface area contributed by atoms with Crippen LogP contribution in [-0.2, 0) is 10.2 Å². The van der Waals surface area contributed by atoms with Gasteiger partial charge in [-0.15, -0.1) is 0 Å². The Kier molecular flexibility index (Phi) is 3.30. The molecular weight excluding hydrogens is 254 g/mol. The molecule has 0 bridgehead atoms. The van der Waals surface area contributed by atoms with Gasteiger partial charge in [0.1, 0.15) is 6.26 Å². The monoisotopic (exact) mass is 271 g/mol. The van der Waals surface area contributed by atoms with Crippen LogP contribution in [0.2, 0.25) is 0 Å². The van der Waals surface area contributed by atoms with Crippen molar-refractivity contribution >= 4 is 5.97 Å². The lowest BCUT2D eigenvalue weighted by atomic mass is 9.68. The average molecular weight is 271 g/mol. The van der Waals surface area contributed by atoms with E-state index in [1.807, 2.05) is 24.3 Å². The summed E-state index contributed by atoms with van der Waals surface area (Å²) in [5, 5.41) is 9.81. The lowest BCUT2D eigenvalue weighted by Gasteiger charge is -2.34. The molecule has 1 aliphatic carbocycles. The first-order chi connectivity index (χ1) is 9.74. The summed E-state index contributed by atoms with van der Waals surface area (Å²) in [6, 6.07) is 7.57. The molecule has 0 saturated heterocycles. The summed E-state index contributed by atoms with van der Waals surface area (Å²) in [6.07, 6.45) is 7.47. The van der Waals surface area contributed by atoms with E-state index in [4.69, 9.17) is 4.42 Å². The van der Waals surface area contributed by atoms with Gasteiger partial charge in [0, 0.05) is 5.56 Å². The number of hydrogen-bond acceptors (Lipinski definition) is 3. The number of nitrogens with zero attached hydrogens (tertiary/aromatic N) is 1. The van der Waals surface area contributed by atoms with Gasteiger partial charge >= 0.3 is 5.97 Å². The third-order valence-corrected chi connectivity index (χ3v) is 4.22. The van der Waals surface area contributed by atoms with Gasteiger partial charge in [-0.1, -0.05) is 37.5 Å². The molecule has 1 aliphatic rings. The lowest BCUT2D eigenvalue weighted by molar-refractivity contribution is -0.145. The molecular formula is C16H17NO3. The summed E-state index contributed by atoms with van der Waals surface area (Å²) in [7, 11) is 0. The van der Waals surface area contributed by atoms with Crippen LogP contribution < -0.4 is 0 Å². The highest BCUT2D eigenvalue weighted by molar-refractivity contribution is 5.84. The second-order valence-electron chi connectivity index (χ2n) is 5.33. The van der Waals surface area contributed by atoms with Crippen molar-refractivity contribution in [2.75, 3.05) is 0 Å². The van der Waals surface area contributed by atoms with Gasteiger partial charge in [-0.2, -0.15) is 0 Å². The zero-order valence-corrected chi connectivity index (χ0v) is 11.2. The number of benzene rings is 1. The van der Waals surface area contributed by atoms with Crippen molar-refractivity contribution in [2.45, 2.75) is 37.5 Å². The highest BCUT2D eigenvalue weighted by Crippen LogP contribution is 2.43. The Labute approximate surface area is 117 Å². The number of rotatable bonds is 3. The Morgan fingerprint density at radius 2 is 1.95 bits per heavy atom. The van der Waals surface area contributed by atoms with Crippen LogP contribution in [0, 0.1) is 0 Å². The maximum atomic E-state index is 11.9. The molecule has 1 fully saturated rings.